The van der Waals surface area contributed by atoms with Gasteiger partial charge in [-0.2, -0.15) is 8.78 Å². The highest BCUT2D eigenvalue weighted by atomic mass is 19.3. The molecule has 0 saturated carbocycles. The number of aliphatic hydroxyl groups excluding tert-OH is 1. The topological polar surface area (TPSA) is 91.3 Å². The Hall–Kier alpha value is -2.94. The van der Waals surface area contributed by atoms with Crippen molar-refractivity contribution >= 4 is 18.0 Å². The van der Waals surface area contributed by atoms with E-state index in [1.54, 1.807) is 25.4 Å². The number of aromatic nitrogens is 1. The molecule has 0 radical (unpaired) electrons. The van der Waals surface area contributed by atoms with Crippen LogP contribution in [0.2, 0.25) is 0 Å². The van der Waals surface area contributed by atoms with Gasteiger partial charge in [0, 0.05) is 19.2 Å². The number of carbonyl (C=O) groups excluding carboxylic acids is 2. The van der Waals surface area contributed by atoms with E-state index >= 15 is 0 Å². The second-order valence-electron chi connectivity index (χ2n) is 6.47. The lowest BCUT2D eigenvalue weighted by Crippen LogP contribution is -2.28. The van der Waals surface area contributed by atoms with Gasteiger partial charge in [0.15, 0.2) is 0 Å². The maximum absolute atomic E-state index is 12.8. The van der Waals surface area contributed by atoms with Crippen LogP contribution in [0.4, 0.5) is 19.0 Å². The summed E-state index contributed by atoms with van der Waals surface area (Å²) in [5.74, 6) is 0.558. The van der Waals surface area contributed by atoms with Gasteiger partial charge in [0.05, 0.1) is 12.5 Å². The van der Waals surface area contributed by atoms with Crippen molar-refractivity contribution in [3.05, 3.63) is 59.5 Å². The molecule has 1 unspecified atom stereocenters. The number of anilines is 1. The molecule has 2 rings (SSSR count). The van der Waals surface area contributed by atoms with E-state index in [-0.39, 0.29) is 30.1 Å². The number of halogens is 3. The molecule has 0 aliphatic carbocycles. The van der Waals surface area contributed by atoms with E-state index in [1.807, 2.05) is 32.9 Å². The molecule has 1 heterocycles. The number of aliphatic hydroxyl groups is 1. The highest BCUT2D eigenvalue weighted by molar-refractivity contribution is 5.79. The van der Waals surface area contributed by atoms with Crippen molar-refractivity contribution in [2.75, 3.05) is 12.4 Å². The summed E-state index contributed by atoms with van der Waals surface area (Å²) in [6.07, 6.45) is 2.85. The summed E-state index contributed by atoms with van der Waals surface area (Å²) in [5, 5.41) is 12.6. The van der Waals surface area contributed by atoms with Crippen LogP contribution in [-0.2, 0) is 16.0 Å². The molecule has 1 aromatic carbocycles. The zero-order valence-corrected chi connectivity index (χ0v) is 17.4. The second kappa shape index (κ2) is 15.0. The minimum absolute atomic E-state index is 0.100. The molecule has 0 fully saturated rings. The maximum Gasteiger partial charge on any atom is 0.342 e. The lowest BCUT2D eigenvalue weighted by Gasteiger charge is -2.15. The Balaban J connectivity index is 0.000000789. The van der Waals surface area contributed by atoms with Gasteiger partial charge in [-0.05, 0) is 42.3 Å². The summed E-state index contributed by atoms with van der Waals surface area (Å²) in [6.45, 7) is 2.46. The first-order valence-electron chi connectivity index (χ1n) is 9.18. The fourth-order valence-electron chi connectivity index (χ4n) is 2.02. The molecule has 0 saturated heterocycles. The lowest BCUT2D eigenvalue weighted by atomic mass is 10.1. The van der Waals surface area contributed by atoms with E-state index < -0.39 is 6.61 Å². The number of hydrogen-bond acceptors (Lipinski definition) is 5. The molecule has 9 heteroatoms. The fourth-order valence-corrected chi connectivity index (χ4v) is 2.02. The van der Waals surface area contributed by atoms with E-state index in [4.69, 9.17) is 5.11 Å². The molecule has 3 N–H and O–H groups in total. The van der Waals surface area contributed by atoms with Crippen molar-refractivity contribution in [3.8, 4) is 0 Å². The van der Waals surface area contributed by atoms with Crippen LogP contribution in [0.5, 0.6) is 0 Å². The Labute approximate surface area is 174 Å². The third kappa shape index (κ3) is 13.3. The van der Waals surface area contributed by atoms with Crippen LogP contribution in [0, 0.1) is 11.7 Å². The Kier molecular flexibility index (Phi) is 13.5. The summed E-state index contributed by atoms with van der Waals surface area (Å²) in [7, 11) is 1.80. The third-order valence-electron chi connectivity index (χ3n) is 3.47. The predicted octanol–water partition coefficient (Wildman–Crippen LogP) is 3.72. The average molecular weight is 427 g/mol. The van der Waals surface area contributed by atoms with Crippen molar-refractivity contribution in [2.24, 2.45) is 5.92 Å². The molecular formula is C21H28F3N3O3. The lowest BCUT2D eigenvalue weighted by molar-refractivity contribution is -0.121. The van der Waals surface area contributed by atoms with Gasteiger partial charge in [0.1, 0.15) is 17.9 Å². The number of benzene rings is 1. The number of carbonyl (C=O) groups is 2. The zero-order chi connectivity index (χ0) is 23.1. The molecular weight excluding hydrogens is 399 g/mol. The van der Waals surface area contributed by atoms with Crippen LogP contribution in [-0.4, -0.2) is 35.9 Å². The molecule has 166 valence electrons. The molecule has 0 aliphatic rings. The first-order valence-corrected chi connectivity index (χ1v) is 9.18. The molecule has 0 bridgehead atoms. The van der Waals surface area contributed by atoms with E-state index in [0.29, 0.717) is 0 Å². The van der Waals surface area contributed by atoms with Gasteiger partial charge in [-0.3, -0.25) is 4.79 Å². The highest BCUT2D eigenvalue weighted by Crippen LogP contribution is 2.15. The summed E-state index contributed by atoms with van der Waals surface area (Å²) in [4.78, 5) is 25.6. The summed E-state index contributed by atoms with van der Waals surface area (Å²) < 4.78 is 32.6. The monoisotopic (exact) mass is 427 g/mol. The number of nitrogens with one attached hydrogen (secondary N) is 2. The molecule has 0 spiro atoms. The summed E-state index contributed by atoms with van der Waals surface area (Å²) in [6, 6.07) is 9.58. The van der Waals surface area contributed by atoms with E-state index in [2.05, 4.69) is 15.6 Å². The predicted molar refractivity (Wildman–Crippen MR) is 110 cm³/mol. The quantitative estimate of drug-likeness (QED) is 0.611. The van der Waals surface area contributed by atoms with Crippen molar-refractivity contribution in [1.29, 1.82) is 0 Å². The zero-order valence-electron chi connectivity index (χ0n) is 17.4. The van der Waals surface area contributed by atoms with Gasteiger partial charge >= 0.3 is 6.61 Å². The fraction of sp³-hybridized carbons (Fsp3) is 0.381. The number of alkyl halides is 2. The van der Waals surface area contributed by atoms with Crippen molar-refractivity contribution < 1.29 is 27.9 Å². The number of nitrogens with zero attached hydrogens (tertiary/aromatic N) is 1. The molecule has 0 aliphatic heterocycles. The van der Waals surface area contributed by atoms with Crippen LogP contribution >= 0.6 is 0 Å². The van der Waals surface area contributed by atoms with E-state index in [1.165, 1.54) is 12.1 Å². The van der Waals surface area contributed by atoms with Gasteiger partial charge < -0.3 is 20.5 Å². The van der Waals surface area contributed by atoms with Gasteiger partial charge in [-0.15, -0.1) is 0 Å². The van der Waals surface area contributed by atoms with E-state index in [9.17, 15) is 22.8 Å². The first-order chi connectivity index (χ1) is 14.1. The van der Waals surface area contributed by atoms with Gasteiger partial charge in [0.25, 0.3) is 0 Å². The summed E-state index contributed by atoms with van der Waals surface area (Å²) >= 11 is 0. The first kappa shape index (κ1) is 27.1. The largest absolute Gasteiger partial charge is 0.373 e. The Morgan fingerprint density at radius 1 is 1.17 bits per heavy atom. The third-order valence-corrected chi connectivity index (χ3v) is 3.47. The molecule has 1 aromatic heterocycles. The number of pyridine rings is 1. The van der Waals surface area contributed by atoms with Gasteiger partial charge in [-0.1, -0.05) is 26.0 Å². The number of rotatable bonds is 6. The molecule has 30 heavy (non-hydrogen) atoms. The van der Waals surface area contributed by atoms with Crippen LogP contribution in [0.1, 0.15) is 37.9 Å². The van der Waals surface area contributed by atoms with Gasteiger partial charge in [0.2, 0.25) is 5.91 Å². The van der Waals surface area contributed by atoms with Crippen LogP contribution in [0.15, 0.2) is 42.6 Å². The molecule has 1 atom stereocenters. The van der Waals surface area contributed by atoms with Gasteiger partial charge in [-0.25, -0.2) is 9.37 Å². The Bertz CT molecular complexity index is 754. The number of amides is 1. The SMILES string of the molecule is CC(C)C=O.CNc1cc(C(C)NC(=O)Cc2ccc(F)cc2)ccn1.OC(F)F. The number of aldehydes is 1. The Morgan fingerprint density at radius 3 is 2.17 bits per heavy atom. The standard InChI is InChI=1S/C16H18FN3O.C4H8O.CH2F2O/c1-11(13-7-8-19-15(10-13)18-2)20-16(21)9-12-3-5-14(17)6-4-12;1-4(2)3-5;2-1(3)4/h3-8,10-11H,9H2,1-2H3,(H,18,19)(H,20,21);3-4H,1-2H3;1,4H. The minimum Gasteiger partial charge on any atom is -0.373 e. The normalized spacial score (nSPS) is 10.9. The van der Waals surface area contributed by atoms with Crippen molar-refractivity contribution in [3.63, 3.8) is 0 Å². The van der Waals surface area contributed by atoms with Crippen LogP contribution < -0.4 is 10.6 Å². The summed E-state index contributed by atoms with van der Waals surface area (Å²) in [5.41, 5.74) is 1.76. The van der Waals surface area contributed by atoms with Crippen LogP contribution in [0.3, 0.4) is 0 Å². The van der Waals surface area contributed by atoms with Crippen LogP contribution in [0.25, 0.3) is 0 Å². The molecule has 2 aromatic rings. The second-order valence-corrected chi connectivity index (χ2v) is 6.47. The Morgan fingerprint density at radius 2 is 1.70 bits per heavy atom. The smallest absolute Gasteiger partial charge is 0.342 e. The van der Waals surface area contributed by atoms with E-state index in [0.717, 1.165) is 23.2 Å². The highest BCUT2D eigenvalue weighted by Gasteiger charge is 2.11. The van der Waals surface area contributed by atoms with Crippen molar-refractivity contribution in [2.45, 2.75) is 39.8 Å². The minimum atomic E-state index is -3.17. The molecule has 1 amide bonds. The average Bonchev–Trinajstić information content (AvgIpc) is 2.69. The molecule has 6 nitrogen and oxygen atoms in total. The maximum atomic E-state index is 12.8. The number of hydrogen-bond donors (Lipinski definition) is 3. The van der Waals surface area contributed by atoms with Crippen molar-refractivity contribution in [1.82, 2.24) is 10.3 Å².